The molecule has 0 aromatic carbocycles. The second-order valence-electron chi connectivity index (χ2n) is 3.16. The van der Waals surface area contributed by atoms with E-state index in [2.05, 4.69) is 9.73 Å². The number of hydrogen-bond donors (Lipinski definition) is 0. The molecule has 1 atom stereocenters. The van der Waals surface area contributed by atoms with Crippen molar-refractivity contribution in [2.24, 2.45) is 10.9 Å². The summed E-state index contributed by atoms with van der Waals surface area (Å²) in [5.41, 5.74) is -0.229. The summed E-state index contributed by atoms with van der Waals surface area (Å²) >= 11 is 0. The first-order valence-corrected chi connectivity index (χ1v) is 5.23. The molecule has 0 aromatic rings. The topological polar surface area (TPSA) is 82.0 Å². The Kier molecular flexibility index (Phi) is 4.56. The first-order chi connectivity index (χ1) is 8.11. The van der Waals surface area contributed by atoms with Gasteiger partial charge in [-0.05, 0) is 13.8 Å². The van der Waals surface area contributed by atoms with Crippen molar-refractivity contribution < 1.29 is 23.9 Å². The van der Waals surface area contributed by atoms with E-state index in [9.17, 15) is 14.4 Å². The molecular formula is C11H13NO5. The molecule has 6 heteroatoms. The SMILES string of the molecule is CCOC(=O)C1=CN=CC(C(=O)OCC)C1=O. The van der Waals surface area contributed by atoms with Crippen LogP contribution in [-0.2, 0) is 23.9 Å². The van der Waals surface area contributed by atoms with Crippen molar-refractivity contribution in [3.05, 3.63) is 11.8 Å². The maximum atomic E-state index is 11.8. The Balaban J connectivity index is 2.81. The van der Waals surface area contributed by atoms with Crippen molar-refractivity contribution in [3.63, 3.8) is 0 Å². The van der Waals surface area contributed by atoms with Gasteiger partial charge in [0.1, 0.15) is 5.57 Å². The summed E-state index contributed by atoms with van der Waals surface area (Å²) in [5, 5.41) is 0. The lowest BCUT2D eigenvalue weighted by atomic mass is 9.97. The van der Waals surface area contributed by atoms with Gasteiger partial charge in [-0.25, -0.2) is 4.79 Å². The highest BCUT2D eigenvalue weighted by molar-refractivity contribution is 6.28. The molecular weight excluding hydrogens is 226 g/mol. The lowest BCUT2D eigenvalue weighted by Gasteiger charge is -2.14. The van der Waals surface area contributed by atoms with Crippen LogP contribution >= 0.6 is 0 Å². The van der Waals surface area contributed by atoms with Crippen LogP contribution < -0.4 is 0 Å². The lowest BCUT2D eigenvalue weighted by molar-refractivity contribution is -0.148. The fourth-order valence-electron chi connectivity index (χ4n) is 1.26. The van der Waals surface area contributed by atoms with Gasteiger partial charge in [-0.15, -0.1) is 0 Å². The van der Waals surface area contributed by atoms with Crippen LogP contribution in [0, 0.1) is 5.92 Å². The van der Waals surface area contributed by atoms with Crippen LogP contribution in [-0.4, -0.2) is 37.2 Å². The van der Waals surface area contributed by atoms with Crippen LogP contribution in [0.2, 0.25) is 0 Å². The molecule has 1 aliphatic heterocycles. The molecule has 17 heavy (non-hydrogen) atoms. The minimum absolute atomic E-state index is 0.150. The molecule has 0 N–H and O–H groups in total. The first kappa shape index (κ1) is 13.1. The summed E-state index contributed by atoms with van der Waals surface area (Å²) in [5.74, 6) is -3.28. The molecule has 0 amide bonds. The van der Waals surface area contributed by atoms with Gasteiger partial charge in [0.05, 0.1) is 13.2 Å². The number of carbonyl (C=O) groups excluding carboxylic acids is 3. The van der Waals surface area contributed by atoms with Crippen molar-refractivity contribution in [3.8, 4) is 0 Å². The van der Waals surface area contributed by atoms with E-state index >= 15 is 0 Å². The van der Waals surface area contributed by atoms with Gasteiger partial charge in [-0.3, -0.25) is 14.6 Å². The second-order valence-corrected chi connectivity index (χ2v) is 3.16. The Bertz CT molecular complexity index is 397. The fourth-order valence-corrected chi connectivity index (χ4v) is 1.26. The lowest BCUT2D eigenvalue weighted by Crippen LogP contribution is -2.33. The smallest absolute Gasteiger partial charge is 0.343 e. The summed E-state index contributed by atoms with van der Waals surface area (Å²) in [7, 11) is 0. The molecule has 1 rings (SSSR count). The predicted molar refractivity (Wildman–Crippen MR) is 58.3 cm³/mol. The van der Waals surface area contributed by atoms with Gasteiger partial charge in [0.2, 0.25) is 0 Å². The fraction of sp³-hybridized carbons (Fsp3) is 0.455. The maximum absolute atomic E-state index is 11.8. The van der Waals surface area contributed by atoms with Gasteiger partial charge in [-0.2, -0.15) is 0 Å². The third kappa shape index (κ3) is 2.99. The van der Waals surface area contributed by atoms with Gasteiger partial charge in [0, 0.05) is 12.4 Å². The number of ether oxygens (including phenoxy) is 2. The quantitative estimate of drug-likeness (QED) is 0.399. The van der Waals surface area contributed by atoms with E-state index in [1.165, 1.54) is 0 Å². The number of esters is 2. The largest absolute Gasteiger partial charge is 0.465 e. The molecule has 0 aliphatic carbocycles. The van der Waals surface area contributed by atoms with Crippen LogP contribution in [0.5, 0.6) is 0 Å². The molecule has 0 bridgehead atoms. The van der Waals surface area contributed by atoms with Crippen molar-refractivity contribution >= 4 is 23.9 Å². The monoisotopic (exact) mass is 239 g/mol. The Morgan fingerprint density at radius 2 is 1.94 bits per heavy atom. The first-order valence-electron chi connectivity index (χ1n) is 5.23. The molecule has 0 fully saturated rings. The average molecular weight is 239 g/mol. The molecule has 1 aliphatic rings. The van der Waals surface area contributed by atoms with Gasteiger partial charge in [-0.1, -0.05) is 0 Å². The summed E-state index contributed by atoms with van der Waals surface area (Å²) < 4.78 is 9.40. The molecule has 1 heterocycles. The normalized spacial score (nSPS) is 18.6. The highest BCUT2D eigenvalue weighted by atomic mass is 16.5. The van der Waals surface area contributed by atoms with E-state index in [-0.39, 0.29) is 18.8 Å². The van der Waals surface area contributed by atoms with Crippen molar-refractivity contribution in [1.29, 1.82) is 0 Å². The van der Waals surface area contributed by atoms with Gasteiger partial charge in [0.25, 0.3) is 0 Å². The van der Waals surface area contributed by atoms with E-state index in [1.807, 2.05) is 0 Å². The number of nitrogens with zero attached hydrogens (tertiary/aromatic N) is 1. The summed E-state index contributed by atoms with van der Waals surface area (Å²) in [6, 6.07) is 0. The van der Waals surface area contributed by atoms with Crippen LogP contribution in [0.15, 0.2) is 16.8 Å². The van der Waals surface area contributed by atoms with E-state index in [0.717, 1.165) is 12.4 Å². The Hall–Kier alpha value is -1.98. The number of hydrogen-bond acceptors (Lipinski definition) is 6. The zero-order valence-electron chi connectivity index (χ0n) is 9.63. The Morgan fingerprint density at radius 3 is 2.53 bits per heavy atom. The number of Topliss-reactive ketones (excluding diaryl/α,β-unsaturated/α-hetero) is 1. The van der Waals surface area contributed by atoms with E-state index in [1.54, 1.807) is 13.8 Å². The molecule has 0 radical (unpaired) electrons. The Morgan fingerprint density at radius 1 is 1.29 bits per heavy atom. The molecule has 0 spiro atoms. The van der Waals surface area contributed by atoms with Crippen LogP contribution in [0.1, 0.15) is 13.8 Å². The molecule has 92 valence electrons. The van der Waals surface area contributed by atoms with Crippen molar-refractivity contribution in [1.82, 2.24) is 0 Å². The molecule has 0 saturated carbocycles. The second kappa shape index (κ2) is 5.93. The Labute approximate surface area is 98.3 Å². The van der Waals surface area contributed by atoms with E-state index in [4.69, 9.17) is 4.74 Å². The average Bonchev–Trinajstić information content (AvgIpc) is 2.29. The van der Waals surface area contributed by atoms with Crippen LogP contribution in [0.25, 0.3) is 0 Å². The minimum atomic E-state index is -1.15. The van der Waals surface area contributed by atoms with Gasteiger partial charge >= 0.3 is 11.9 Å². The maximum Gasteiger partial charge on any atom is 0.343 e. The third-order valence-electron chi connectivity index (χ3n) is 2.02. The van der Waals surface area contributed by atoms with Gasteiger partial charge < -0.3 is 9.47 Å². The zero-order chi connectivity index (χ0) is 12.8. The number of ketones is 1. The van der Waals surface area contributed by atoms with Crippen LogP contribution in [0.3, 0.4) is 0 Å². The molecule has 1 unspecified atom stereocenters. The zero-order valence-corrected chi connectivity index (χ0v) is 9.63. The van der Waals surface area contributed by atoms with Crippen LogP contribution in [0.4, 0.5) is 0 Å². The van der Waals surface area contributed by atoms with Gasteiger partial charge in [0.15, 0.2) is 11.7 Å². The minimum Gasteiger partial charge on any atom is -0.465 e. The number of aliphatic imine (C=N–C) groups is 1. The highest BCUT2D eigenvalue weighted by Crippen LogP contribution is 2.14. The summed E-state index contributed by atoms with van der Waals surface area (Å²) in [4.78, 5) is 38.3. The van der Waals surface area contributed by atoms with E-state index < -0.39 is 23.6 Å². The summed E-state index contributed by atoms with van der Waals surface area (Å²) in [6.45, 7) is 3.56. The highest BCUT2D eigenvalue weighted by Gasteiger charge is 2.34. The number of carbonyl (C=O) groups is 3. The van der Waals surface area contributed by atoms with E-state index in [0.29, 0.717) is 0 Å². The molecule has 0 aromatic heterocycles. The summed E-state index contributed by atoms with van der Waals surface area (Å²) in [6.07, 6.45) is 2.25. The predicted octanol–water partition coefficient (Wildman–Crippen LogP) is 0.266. The molecule has 6 nitrogen and oxygen atoms in total. The molecule has 0 saturated heterocycles. The van der Waals surface area contributed by atoms with Crippen molar-refractivity contribution in [2.75, 3.05) is 13.2 Å². The third-order valence-corrected chi connectivity index (χ3v) is 2.02. The number of rotatable bonds is 4. The van der Waals surface area contributed by atoms with Crippen molar-refractivity contribution in [2.45, 2.75) is 13.8 Å². The standard InChI is InChI=1S/C11H13NO5/c1-3-16-10(14)7-5-12-6-8(9(7)13)11(15)17-4-2/h5-7H,3-4H2,1-2H3.